The predicted molar refractivity (Wildman–Crippen MR) is 64.5 cm³/mol. The Hall–Kier alpha value is -0.440. The van der Waals surface area contributed by atoms with Gasteiger partial charge >= 0.3 is 0 Å². The lowest BCUT2D eigenvalue weighted by Crippen LogP contribution is -2.40. The van der Waals surface area contributed by atoms with Crippen LogP contribution in [0.25, 0.3) is 0 Å². The molecule has 2 aliphatic carbocycles. The summed E-state index contributed by atoms with van der Waals surface area (Å²) in [6, 6.07) is 0.474. The Balaban J connectivity index is 1.87. The molecule has 2 fully saturated rings. The standard InChI is InChI=1S/C13H24N2O/c1-11(2)16-13(9-6-10-13)15-14-12-7-4-3-5-8-12/h11-12H,3-10H2,1-2H3. The van der Waals surface area contributed by atoms with E-state index in [0.29, 0.717) is 6.04 Å². The van der Waals surface area contributed by atoms with Crippen LogP contribution < -0.4 is 0 Å². The van der Waals surface area contributed by atoms with Crippen LogP contribution in [0.5, 0.6) is 0 Å². The molecule has 2 saturated carbocycles. The average Bonchev–Trinajstić information content (AvgIpc) is 2.23. The molecular formula is C13H24N2O. The van der Waals surface area contributed by atoms with E-state index in [2.05, 4.69) is 24.1 Å². The lowest BCUT2D eigenvalue weighted by molar-refractivity contribution is -0.127. The van der Waals surface area contributed by atoms with Gasteiger partial charge in [0, 0.05) is 0 Å². The highest BCUT2D eigenvalue weighted by molar-refractivity contribution is 4.87. The van der Waals surface area contributed by atoms with Crippen LogP contribution in [0.15, 0.2) is 10.2 Å². The molecule has 0 bridgehead atoms. The van der Waals surface area contributed by atoms with Crippen molar-refractivity contribution in [1.29, 1.82) is 0 Å². The van der Waals surface area contributed by atoms with Crippen LogP contribution in [-0.4, -0.2) is 17.9 Å². The van der Waals surface area contributed by atoms with E-state index in [0.717, 1.165) is 12.8 Å². The second kappa shape index (κ2) is 5.26. The van der Waals surface area contributed by atoms with Crippen molar-refractivity contribution in [3.05, 3.63) is 0 Å². The predicted octanol–water partition coefficient (Wildman–Crippen LogP) is 4.08. The number of hydrogen-bond donors (Lipinski definition) is 0. The van der Waals surface area contributed by atoms with Gasteiger partial charge in [-0.1, -0.05) is 19.3 Å². The minimum Gasteiger partial charge on any atom is -0.349 e. The SMILES string of the molecule is CC(C)OC1(N=NC2CCCCC2)CCC1. The number of rotatable bonds is 4. The van der Waals surface area contributed by atoms with Crippen LogP contribution in [0.1, 0.15) is 65.2 Å². The molecule has 0 aromatic rings. The largest absolute Gasteiger partial charge is 0.349 e. The molecule has 16 heavy (non-hydrogen) atoms. The average molecular weight is 224 g/mol. The maximum absolute atomic E-state index is 5.90. The zero-order chi connectivity index (χ0) is 11.4. The minimum absolute atomic E-state index is 0.244. The second-order valence-corrected chi connectivity index (χ2v) is 5.47. The van der Waals surface area contributed by atoms with Gasteiger partial charge in [0.15, 0.2) is 5.72 Å². The Morgan fingerprint density at radius 3 is 2.25 bits per heavy atom. The van der Waals surface area contributed by atoms with Crippen LogP contribution in [-0.2, 0) is 4.74 Å². The summed E-state index contributed by atoms with van der Waals surface area (Å²) in [5, 5.41) is 9.06. The van der Waals surface area contributed by atoms with Gasteiger partial charge < -0.3 is 4.74 Å². The number of ether oxygens (including phenoxy) is 1. The molecule has 0 aromatic carbocycles. The lowest BCUT2D eigenvalue weighted by atomic mass is 9.88. The first-order valence-electron chi connectivity index (χ1n) is 6.80. The van der Waals surface area contributed by atoms with E-state index in [1.807, 2.05) is 0 Å². The van der Waals surface area contributed by atoms with Gasteiger partial charge in [0.1, 0.15) is 0 Å². The van der Waals surface area contributed by atoms with Gasteiger partial charge in [-0.15, -0.1) is 0 Å². The van der Waals surface area contributed by atoms with Crippen LogP contribution in [0.2, 0.25) is 0 Å². The molecular weight excluding hydrogens is 200 g/mol. The second-order valence-electron chi connectivity index (χ2n) is 5.47. The number of azo groups is 1. The fourth-order valence-electron chi connectivity index (χ4n) is 2.54. The number of nitrogens with zero attached hydrogens (tertiary/aromatic N) is 2. The van der Waals surface area contributed by atoms with E-state index in [-0.39, 0.29) is 11.8 Å². The first-order chi connectivity index (χ1) is 7.70. The zero-order valence-corrected chi connectivity index (χ0v) is 10.6. The molecule has 2 aliphatic rings. The highest BCUT2D eigenvalue weighted by Crippen LogP contribution is 2.38. The van der Waals surface area contributed by atoms with E-state index in [1.165, 1.54) is 38.5 Å². The molecule has 2 rings (SSSR count). The van der Waals surface area contributed by atoms with Crippen molar-refractivity contribution in [2.75, 3.05) is 0 Å². The van der Waals surface area contributed by atoms with Crippen molar-refractivity contribution < 1.29 is 4.74 Å². The first kappa shape index (κ1) is 12.0. The Kier molecular flexibility index (Phi) is 3.95. The molecule has 92 valence electrons. The molecule has 0 heterocycles. The summed E-state index contributed by atoms with van der Waals surface area (Å²) in [6.45, 7) is 4.16. The molecule has 0 atom stereocenters. The van der Waals surface area contributed by atoms with Gasteiger partial charge in [0.25, 0.3) is 0 Å². The third kappa shape index (κ3) is 3.03. The van der Waals surface area contributed by atoms with E-state index in [1.54, 1.807) is 0 Å². The highest BCUT2D eigenvalue weighted by atomic mass is 16.5. The summed E-state index contributed by atoms with van der Waals surface area (Å²) >= 11 is 0. The Morgan fingerprint density at radius 1 is 1.06 bits per heavy atom. The third-order valence-corrected chi connectivity index (χ3v) is 3.57. The zero-order valence-electron chi connectivity index (χ0n) is 10.6. The third-order valence-electron chi connectivity index (χ3n) is 3.57. The summed E-state index contributed by atoms with van der Waals surface area (Å²) < 4.78 is 5.90. The van der Waals surface area contributed by atoms with E-state index in [9.17, 15) is 0 Å². The van der Waals surface area contributed by atoms with E-state index in [4.69, 9.17) is 4.74 Å². The Labute approximate surface area is 98.7 Å². The summed E-state index contributed by atoms with van der Waals surface area (Å²) in [4.78, 5) is 0. The molecule has 3 heteroatoms. The molecule has 0 saturated heterocycles. The van der Waals surface area contributed by atoms with Gasteiger partial charge in [-0.25, -0.2) is 0 Å². The van der Waals surface area contributed by atoms with Crippen LogP contribution in [0.3, 0.4) is 0 Å². The molecule has 0 spiro atoms. The van der Waals surface area contributed by atoms with Crippen molar-refractivity contribution in [3.63, 3.8) is 0 Å². The lowest BCUT2D eigenvalue weighted by Gasteiger charge is -2.38. The minimum atomic E-state index is -0.244. The topological polar surface area (TPSA) is 34.0 Å². The van der Waals surface area contributed by atoms with Crippen molar-refractivity contribution >= 4 is 0 Å². The Bertz CT molecular complexity index is 240. The van der Waals surface area contributed by atoms with Gasteiger partial charge in [0.2, 0.25) is 0 Å². The van der Waals surface area contributed by atoms with Crippen LogP contribution in [0, 0.1) is 0 Å². The fraction of sp³-hybridized carbons (Fsp3) is 1.00. The Morgan fingerprint density at radius 2 is 1.75 bits per heavy atom. The molecule has 0 radical (unpaired) electrons. The maximum atomic E-state index is 5.90. The molecule has 0 aromatic heterocycles. The van der Waals surface area contributed by atoms with Crippen molar-refractivity contribution in [2.45, 2.75) is 83.1 Å². The van der Waals surface area contributed by atoms with Gasteiger partial charge in [-0.05, 0) is 46.0 Å². The van der Waals surface area contributed by atoms with Crippen molar-refractivity contribution in [3.8, 4) is 0 Å². The summed E-state index contributed by atoms with van der Waals surface area (Å²) in [5.74, 6) is 0. The number of hydrogen-bond acceptors (Lipinski definition) is 3. The summed E-state index contributed by atoms with van der Waals surface area (Å²) in [6.07, 6.45) is 10.1. The highest BCUT2D eigenvalue weighted by Gasteiger charge is 2.39. The van der Waals surface area contributed by atoms with Gasteiger partial charge in [0.05, 0.1) is 12.1 Å². The molecule has 0 unspecified atom stereocenters. The van der Waals surface area contributed by atoms with Gasteiger partial charge in [-0.2, -0.15) is 10.2 Å². The first-order valence-corrected chi connectivity index (χ1v) is 6.80. The molecule has 0 N–H and O–H groups in total. The van der Waals surface area contributed by atoms with Gasteiger partial charge in [-0.3, -0.25) is 0 Å². The van der Waals surface area contributed by atoms with Crippen molar-refractivity contribution in [1.82, 2.24) is 0 Å². The molecule has 3 nitrogen and oxygen atoms in total. The normalized spacial score (nSPS) is 26.2. The molecule has 0 amide bonds. The van der Waals surface area contributed by atoms with Crippen molar-refractivity contribution in [2.24, 2.45) is 10.2 Å². The summed E-state index contributed by atoms with van der Waals surface area (Å²) in [5.41, 5.74) is -0.244. The molecule has 0 aliphatic heterocycles. The van der Waals surface area contributed by atoms with E-state index >= 15 is 0 Å². The van der Waals surface area contributed by atoms with E-state index < -0.39 is 0 Å². The monoisotopic (exact) mass is 224 g/mol. The van der Waals surface area contributed by atoms with Crippen LogP contribution in [0.4, 0.5) is 0 Å². The van der Waals surface area contributed by atoms with Crippen LogP contribution >= 0.6 is 0 Å². The maximum Gasteiger partial charge on any atom is 0.179 e. The fourth-order valence-corrected chi connectivity index (χ4v) is 2.54. The quantitative estimate of drug-likeness (QED) is 0.662. The summed E-state index contributed by atoms with van der Waals surface area (Å²) in [7, 11) is 0. The smallest absolute Gasteiger partial charge is 0.179 e.